The fourth-order valence-electron chi connectivity index (χ4n) is 1.95. The number of ether oxygens (including phenoxy) is 1. The van der Waals surface area contributed by atoms with E-state index in [1.165, 1.54) is 6.07 Å². The number of rotatable bonds is 1. The van der Waals surface area contributed by atoms with E-state index in [1.54, 1.807) is 29.4 Å². The molecule has 2 aromatic rings. The Kier molecular flexibility index (Phi) is 3.82. The molecule has 1 aromatic heterocycles. The number of nitrogens with zero attached hydrogens (tertiary/aromatic N) is 2. The van der Waals surface area contributed by atoms with Gasteiger partial charge in [-0.25, -0.2) is 4.98 Å². The molecule has 1 atom stereocenters. The van der Waals surface area contributed by atoms with Gasteiger partial charge in [0.05, 0.1) is 16.4 Å². The van der Waals surface area contributed by atoms with Crippen molar-refractivity contribution < 1.29 is 14.6 Å². The van der Waals surface area contributed by atoms with Gasteiger partial charge in [-0.15, -0.1) is 12.4 Å². The third kappa shape index (κ3) is 2.33. The second-order valence-corrected chi connectivity index (χ2v) is 4.86. The summed E-state index contributed by atoms with van der Waals surface area (Å²) in [6.07, 6.45) is 4.94. The minimum atomic E-state index is -0.406. The van der Waals surface area contributed by atoms with Crippen LogP contribution in [0.1, 0.15) is 16.4 Å². The zero-order valence-corrected chi connectivity index (χ0v) is 12.0. The number of carbonyl (C=O) groups is 1. The van der Waals surface area contributed by atoms with Crippen molar-refractivity contribution in [2.24, 2.45) is 0 Å². The van der Waals surface area contributed by atoms with Gasteiger partial charge in [-0.3, -0.25) is 4.79 Å². The Hall–Kier alpha value is -1.53. The molecule has 0 saturated carbocycles. The number of benzene rings is 1. The van der Waals surface area contributed by atoms with Crippen LogP contribution in [0.25, 0.3) is 0 Å². The molecule has 1 aliphatic rings. The number of phenolic OH excluding ortho intramolecular Hbond substituents is 1. The Morgan fingerprint density at radius 1 is 1.47 bits per heavy atom. The van der Waals surface area contributed by atoms with Gasteiger partial charge in [-0.05, 0) is 22.0 Å². The van der Waals surface area contributed by atoms with E-state index < -0.39 is 6.04 Å². The summed E-state index contributed by atoms with van der Waals surface area (Å²) in [4.78, 5) is 16.3. The van der Waals surface area contributed by atoms with Crippen LogP contribution in [0.5, 0.6) is 11.5 Å². The summed E-state index contributed by atoms with van der Waals surface area (Å²) in [5.41, 5.74) is 0.463. The summed E-state index contributed by atoms with van der Waals surface area (Å²) in [7, 11) is 0. The summed E-state index contributed by atoms with van der Waals surface area (Å²) in [6, 6.07) is 2.62. The van der Waals surface area contributed by atoms with Gasteiger partial charge in [0.2, 0.25) is 0 Å². The van der Waals surface area contributed by atoms with E-state index >= 15 is 0 Å². The lowest BCUT2D eigenvalue weighted by molar-refractivity contribution is 0.0840. The van der Waals surface area contributed by atoms with Gasteiger partial charge in [0.15, 0.2) is 5.78 Å². The molecule has 3 rings (SSSR count). The summed E-state index contributed by atoms with van der Waals surface area (Å²) in [5.74, 6) is 0.426. The Labute approximate surface area is 123 Å². The smallest absolute Gasteiger partial charge is 0.192 e. The molecule has 0 aliphatic carbocycles. The fraction of sp³-hybridized carbons (Fsp3) is 0.167. The average Bonchev–Trinajstić information content (AvgIpc) is 2.86. The van der Waals surface area contributed by atoms with Crippen molar-refractivity contribution >= 4 is 34.1 Å². The Morgan fingerprint density at radius 2 is 2.26 bits per heavy atom. The molecular formula is C12H10BrClN2O3. The normalized spacial score (nSPS) is 17.3. The molecule has 5 nitrogen and oxygen atoms in total. The Bertz CT molecular complexity index is 616. The van der Waals surface area contributed by atoms with Gasteiger partial charge in [-0.1, -0.05) is 0 Å². The van der Waals surface area contributed by atoms with Crippen molar-refractivity contribution in [2.75, 3.05) is 6.61 Å². The highest BCUT2D eigenvalue weighted by Crippen LogP contribution is 2.36. The lowest BCUT2D eigenvalue weighted by Gasteiger charge is -2.25. The van der Waals surface area contributed by atoms with Crippen molar-refractivity contribution in [3.05, 3.63) is 40.9 Å². The molecule has 0 spiro atoms. The molecule has 1 unspecified atom stereocenters. The van der Waals surface area contributed by atoms with Crippen LogP contribution in [0.2, 0.25) is 0 Å². The first-order valence-corrected chi connectivity index (χ1v) is 6.13. The van der Waals surface area contributed by atoms with Crippen LogP contribution >= 0.6 is 28.3 Å². The van der Waals surface area contributed by atoms with Gasteiger partial charge in [0, 0.05) is 18.5 Å². The second-order valence-electron chi connectivity index (χ2n) is 4.00. The summed E-state index contributed by atoms with van der Waals surface area (Å²) < 4.78 is 7.71. The third-order valence-electron chi connectivity index (χ3n) is 2.90. The van der Waals surface area contributed by atoms with Gasteiger partial charge in [0.1, 0.15) is 24.1 Å². The zero-order chi connectivity index (χ0) is 12.7. The molecule has 0 radical (unpaired) electrons. The minimum absolute atomic E-state index is 0. The number of hydrogen-bond acceptors (Lipinski definition) is 4. The van der Waals surface area contributed by atoms with Crippen LogP contribution in [-0.4, -0.2) is 27.0 Å². The molecule has 0 saturated heterocycles. The summed E-state index contributed by atoms with van der Waals surface area (Å²) >= 11 is 3.19. The molecule has 7 heteroatoms. The SMILES string of the molecule is Cl.O=C1c2cc(Br)c(O)cc2OCC1n1ccnc1. The Balaban J connectivity index is 0.00000133. The quantitative estimate of drug-likeness (QED) is 0.863. The first-order chi connectivity index (χ1) is 8.66. The molecule has 1 N–H and O–H groups in total. The molecular weight excluding hydrogens is 336 g/mol. The van der Waals surface area contributed by atoms with Crippen LogP contribution in [0.3, 0.4) is 0 Å². The van der Waals surface area contributed by atoms with Crippen LogP contribution in [0.15, 0.2) is 35.3 Å². The van der Waals surface area contributed by atoms with E-state index in [0.29, 0.717) is 15.8 Å². The number of ketones is 1. The molecule has 0 amide bonds. The maximum atomic E-state index is 12.3. The molecule has 1 aromatic carbocycles. The lowest BCUT2D eigenvalue weighted by atomic mass is 10.0. The van der Waals surface area contributed by atoms with Crippen LogP contribution in [-0.2, 0) is 0 Å². The number of halogens is 2. The largest absolute Gasteiger partial charge is 0.507 e. The first kappa shape index (κ1) is 13.9. The van der Waals surface area contributed by atoms with Crippen LogP contribution in [0, 0.1) is 0 Å². The highest BCUT2D eigenvalue weighted by Gasteiger charge is 2.30. The van der Waals surface area contributed by atoms with Gasteiger partial charge >= 0.3 is 0 Å². The number of aromatic hydroxyl groups is 1. The minimum Gasteiger partial charge on any atom is -0.507 e. The lowest BCUT2D eigenvalue weighted by Crippen LogP contribution is -2.29. The monoisotopic (exact) mass is 344 g/mol. The van der Waals surface area contributed by atoms with E-state index in [2.05, 4.69) is 20.9 Å². The highest BCUT2D eigenvalue weighted by molar-refractivity contribution is 9.10. The number of carbonyl (C=O) groups excluding carboxylic acids is 1. The van der Waals surface area contributed by atoms with Crippen LogP contribution in [0.4, 0.5) is 0 Å². The number of fused-ring (bicyclic) bond motifs is 1. The van der Waals surface area contributed by atoms with Crippen molar-refractivity contribution in [1.29, 1.82) is 0 Å². The third-order valence-corrected chi connectivity index (χ3v) is 3.53. The maximum Gasteiger partial charge on any atom is 0.192 e. The van der Waals surface area contributed by atoms with Crippen molar-refractivity contribution in [2.45, 2.75) is 6.04 Å². The molecule has 1 aliphatic heterocycles. The van der Waals surface area contributed by atoms with Crippen molar-refractivity contribution in [1.82, 2.24) is 9.55 Å². The Morgan fingerprint density at radius 3 is 2.95 bits per heavy atom. The molecule has 19 heavy (non-hydrogen) atoms. The molecule has 0 bridgehead atoms. The predicted octanol–water partition coefficient (Wildman–Crippen LogP) is 2.59. The standard InChI is InChI=1S/C12H9BrN2O3.ClH/c13-8-3-7-11(4-10(8)16)18-5-9(12(7)17)15-2-1-14-6-15;/h1-4,6,9,16H,5H2;1H. The first-order valence-electron chi connectivity index (χ1n) is 5.34. The molecule has 100 valence electrons. The van der Waals surface area contributed by atoms with E-state index in [9.17, 15) is 9.90 Å². The predicted molar refractivity (Wildman–Crippen MR) is 74.1 cm³/mol. The van der Waals surface area contributed by atoms with Crippen molar-refractivity contribution in [3.8, 4) is 11.5 Å². The number of aromatic nitrogens is 2. The van der Waals surface area contributed by atoms with E-state index in [0.717, 1.165) is 0 Å². The summed E-state index contributed by atoms with van der Waals surface area (Å²) in [6.45, 7) is 0.239. The topological polar surface area (TPSA) is 64.3 Å². The van der Waals surface area contributed by atoms with Gasteiger partial charge < -0.3 is 14.4 Å². The second kappa shape index (κ2) is 5.22. The number of imidazole rings is 1. The highest BCUT2D eigenvalue weighted by atomic mass is 79.9. The van der Waals surface area contributed by atoms with Crippen LogP contribution < -0.4 is 4.74 Å². The molecule has 0 fully saturated rings. The number of phenols is 1. The van der Waals surface area contributed by atoms with Crippen molar-refractivity contribution in [3.63, 3.8) is 0 Å². The maximum absolute atomic E-state index is 12.3. The fourth-order valence-corrected chi connectivity index (χ4v) is 2.30. The van der Waals surface area contributed by atoms with Gasteiger partial charge in [-0.2, -0.15) is 0 Å². The van der Waals surface area contributed by atoms with E-state index in [1.807, 2.05) is 0 Å². The van der Waals surface area contributed by atoms with E-state index in [4.69, 9.17) is 4.74 Å². The van der Waals surface area contributed by atoms with Gasteiger partial charge in [0.25, 0.3) is 0 Å². The zero-order valence-electron chi connectivity index (χ0n) is 9.62. The number of Topliss-reactive ketones (excluding diaryl/α,β-unsaturated/α-hetero) is 1. The molecule has 2 heterocycles. The summed E-state index contributed by atoms with van der Waals surface area (Å²) in [5, 5.41) is 9.56. The number of hydrogen-bond donors (Lipinski definition) is 1. The average molecular weight is 346 g/mol. The van der Waals surface area contributed by atoms with E-state index in [-0.39, 0.29) is 30.5 Å².